The molecular weight excluding hydrogens is 332 g/mol. The number of nitrogens with one attached hydrogen (secondary N) is 3. The Morgan fingerprint density at radius 3 is 2.42 bits per heavy atom. The van der Waals surface area contributed by atoms with E-state index < -0.39 is 0 Å². The van der Waals surface area contributed by atoms with E-state index in [4.69, 9.17) is 4.74 Å². The lowest BCUT2D eigenvalue weighted by Crippen LogP contribution is -3.16. The summed E-state index contributed by atoms with van der Waals surface area (Å²) in [6.45, 7) is 9.05. The molecule has 1 unspecified atom stereocenters. The fraction of sp³-hybridized carbons (Fsp3) is 0.579. The molecule has 0 aliphatic carbocycles. The molecule has 2 rings (SSSR count). The Bertz CT molecular complexity index is 597. The number of quaternary nitrogens is 2. The highest BCUT2D eigenvalue weighted by molar-refractivity contribution is 5.91. The Morgan fingerprint density at radius 2 is 1.88 bits per heavy atom. The summed E-state index contributed by atoms with van der Waals surface area (Å²) in [4.78, 5) is 29.3. The van der Waals surface area contributed by atoms with Gasteiger partial charge in [0.1, 0.15) is 5.75 Å². The standard InChI is InChI=1S/C19H30N4O3/c1-5-22-10-12-23(13-11-22)19(25)15(2)21(3)14-18(24)20-16-6-8-17(26-4)9-7-16/h6-9,15H,5,10-14H2,1-4H3,(H,20,24)/p+2/t15-/m0/s1. The van der Waals surface area contributed by atoms with Gasteiger partial charge in [0.05, 0.1) is 46.9 Å². The zero-order chi connectivity index (χ0) is 19.1. The van der Waals surface area contributed by atoms with E-state index in [9.17, 15) is 9.59 Å². The van der Waals surface area contributed by atoms with Gasteiger partial charge in [-0.05, 0) is 38.1 Å². The van der Waals surface area contributed by atoms with Crippen LogP contribution >= 0.6 is 0 Å². The number of rotatable bonds is 7. The number of piperazine rings is 1. The molecule has 2 atom stereocenters. The van der Waals surface area contributed by atoms with Crippen molar-refractivity contribution in [1.29, 1.82) is 0 Å². The number of carbonyl (C=O) groups is 2. The summed E-state index contributed by atoms with van der Waals surface area (Å²) in [6.07, 6.45) is 0. The van der Waals surface area contributed by atoms with E-state index in [2.05, 4.69) is 12.2 Å². The van der Waals surface area contributed by atoms with Crippen molar-refractivity contribution < 1.29 is 24.1 Å². The van der Waals surface area contributed by atoms with E-state index in [-0.39, 0.29) is 24.4 Å². The van der Waals surface area contributed by atoms with E-state index in [1.54, 1.807) is 36.3 Å². The maximum Gasteiger partial charge on any atom is 0.280 e. The third kappa shape index (κ3) is 5.44. The van der Waals surface area contributed by atoms with Gasteiger partial charge in [0, 0.05) is 5.69 Å². The molecule has 144 valence electrons. The van der Waals surface area contributed by atoms with Gasteiger partial charge in [0.15, 0.2) is 12.6 Å². The predicted molar refractivity (Wildman–Crippen MR) is 101 cm³/mol. The maximum atomic E-state index is 12.7. The average molecular weight is 364 g/mol. The first kappa shape index (κ1) is 20.2. The molecule has 7 heteroatoms. The lowest BCUT2D eigenvalue weighted by molar-refractivity contribution is -0.903. The summed E-state index contributed by atoms with van der Waals surface area (Å²) >= 11 is 0. The third-order valence-corrected chi connectivity index (χ3v) is 5.21. The Morgan fingerprint density at radius 1 is 1.27 bits per heavy atom. The zero-order valence-corrected chi connectivity index (χ0v) is 16.3. The van der Waals surface area contributed by atoms with Crippen molar-refractivity contribution in [2.75, 3.05) is 58.7 Å². The van der Waals surface area contributed by atoms with Crippen LogP contribution in [0, 0.1) is 0 Å². The minimum atomic E-state index is -0.236. The number of hydrogen-bond acceptors (Lipinski definition) is 3. The molecule has 1 aliphatic rings. The summed E-state index contributed by atoms with van der Waals surface area (Å²) in [6, 6.07) is 6.97. The van der Waals surface area contributed by atoms with Crippen LogP contribution in [-0.4, -0.2) is 76.2 Å². The van der Waals surface area contributed by atoms with Crippen molar-refractivity contribution in [2.45, 2.75) is 19.9 Å². The lowest BCUT2D eigenvalue weighted by Gasteiger charge is -2.33. The number of nitrogens with zero attached hydrogens (tertiary/aromatic N) is 1. The van der Waals surface area contributed by atoms with Gasteiger partial charge in [0.25, 0.3) is 11.8 Å². The molecule has 1 saturated heterocycles. The summed E-state index contributed by atoms with van der Waals surface area (Å²) in [5.74, 6) is 0.775. The highest BCUT2D eigenvalue weighted by Crippen LogP contribution is 2.14. The van der Waals surface area contributed by atoms with Crippen LogP contribution in [0.15, 0.2) is 24.3 Å². The minimum absolute atomic E-state index is 0.104. The van der Waals surface area contributed by atoms with Crippen LogP contribution < -0.4 is 19.9 Å². The van der Waals surface area contributed by atoms with Crippen molar-refractivity contribution in [3.05, 3.63) is 24.3 Å². The van der Waals surface area contributed by atoms with E-state index in [1.165, 1.54) is 0 Å². The SMILES string of the molecule is CC[NH+]1CCN(C(=O)[C@H](C)[NH+](C)CC(=O)Nc2ccc(OC)cc2)CC1. The summed E-state index contributed by atoms with van der Waals surface area (Å²) in [5.41, 5.74) is 0.723. The van der Waals surface area contributed by atoms with Crippen LogP contribution in [0.3, 0.4) is 0 Å². The molecule has 2 amide bonds. The van der Waals surface area contributed by atoms with Gasteiger partial charge in [-0.15, -0.1) is 0 Å². The van der Waals surface area contributed by atoms with Crippen LogP contribution in [0.2, 0.25) is 0 Å². The van der Waals surface area contributed by atoms with Gasteiger partial charge in [-0.1, -0.05) is 0 Å². The molecule has 7 nitrogen and oxygen atoms in total. The Hall–Kier alpha value is -2.12. The van der Waals surface area contributed by atoms with Crippen molar-refractivity contribution in [3.8, 4) is 5.75 Å². The zero-order valence-electron chi connectivity index (χ0n) is 16.3. The van der Waals surface area contributed by atoms with Crippen molar-refractivity contribution in [1.82, 2.24) is 4.90 Å². The highest BCUT2D eigenvalue weighted by atomic mass is 16.5. The smallest absolute Gasteiger partial charge is 0.280 e. The first-order chi connectivity index (χ1) is 12.4. The first-order valence-corrected chi connectivity index (χ1v) is 9.33. The Labute approximate surface area is 155 Å². The monoisotopic (exact) mass is 364 g/mol. The molecule has 1 aromatic carbocycles. The van der Waals surface area contributed by atoms with Crippen LogP contribution in [0.1, 0.15) is 13.8 Å². The van der Waals surface area contributed by atoms with E-state index >= 15 is 0 Å². The second-order valence-electron chi connectivity index (χ2n) is 6.95. The fourth-order valence-corrected chi connectivity index (χ4v) is 3.17. The molecule has 0 radical (unpaired) electrons. The van der Waals surface area contributed by atoms with Crippen LogP contribution in [-0.2, 0) is 9.59 Å². The fourth-order valence-electron chi connectivity index (χ4n) is 3.17. The summed E-state index contributed by atoms with van der Waals surface area (Å²) < 4.78 is 5.11. The van der Waals surface area contributed by atoms with Gasteiger partial charge in [0.2, 0.25) is 0 Å². The molecule has 0 bridgehead atoms. The molecule has 0 aromatic heterocycles. The van der Waals surface area contributed by atoms with Crippen LogP contribution in [0.25, 0.3) is 0 Å². The maximum absolute atomic E-state index is 12.7. The molecule has 1 fully saturated rings. The molecule has 26 heavy (non-hydrogen) atoms. The summed E-state index contributed by atoms with van der Waals surface area (Å²) in [7, 11) is 3.50. The van der Waals surface area contributed by atoms with Gasteiger partial charge >= 0.3 is 0 Å². The Balaban J connectivity index is 1.82. The first-order valence-electron chi connectivity index (χ1n) is 9.33. The normalized spacial score (nSPS) is 17.5. The largest absolute Gasteiger partial charge is 0.497 e. The molecule has 1 aromatic rings. The quantitative estimate of drug-likeness (QED) is 0.540. The second-order valence-corrected chi connectivity index (χ2v) is 6.95. The molecule has 3 N–H and O–H groups in total. The molecule has 1 heterocycles. The molecule has 0 saturated carbocycles. The van der Waals surface area contributed by atoms with E-state index in [0.717, 1.165) is 49.1 Å². The van der Waals surface area contributed by atoms with Gasteiger partial charge in [-0.2, -0.15) is 0 Å². The van der Waals surface area contributed by atoms with Gasteiger partial charge < -0.3 is 24.8 Å². The van der Waals surface area contributed by atoms with Gasteiger partial charge in [-0.3, -0.25) is 9.59 Å². The van der Waals surface area contributed by atoms with Gasteiger partial charge in [-0.25, -0.2) is 0 Å². The predicted octanol–water partition coefficient (Wildman–Crippen LogP) is -1.72. The molecular formula is C19H32N4O3+2. The van der Waals surface area contributed by atoms with Crippen molar-refractivity contribution in [3.63, 3.8) is 0 Å². The number of benzene rings is 1. The number of carbonyl (C=O) groups excluding carboxylic acids is 2. The highest BCUT2D eigenvalue weighted by Gasteiger charge is 2.31. The summed E-state index contributed by atoms with van der Waals surface area (Å²) in [5, 5.41) is 2.87. The Kier molecular flexibility index (Phi) is 7.41. The van der Waals surface area contributed by atoms with Crippen molar-refractivity contribution in [2.24, 2.45) is 0 Å². The average Bonchev–Trinajstić information content (AvgIpc) is 2.67. The van der Waals surface area contributed by atoms with E-state index in [0.29, 0.717) is 0 Å². The topological polar surface area (TPSA) is 67.5 Å². The number of amides is 2. The number of likely N-dealkylation sites (N-methyl/N-ethyl adjacent to an activating group) is 2. The minimum Gasteiger partial charge on any atom is -0.497 e. The molecule has 0 spiro atoms. The molecule has 1 aliphatic heterocycles. The van der Waals surface area contributed by atoms with Crippen LogP contribution in [0.4, 0.5) is 5.69 Å². The van der Waals surface area contributed by atoms with Crippen molar-refractivity contribution >= 4 is 17.5 Å². The van der Waals surface area contributed by atoms with Crippen LogP contribution in [0.5, 0.6) is 5.75 Å². The number of ether oxygens (including phenoxy) is 1. The number of hydrogen-bond donors (Lipinski definition) is 3. The second kappa shape index (κ2) is 9.54. The number of methoxy groups -OCH3 is 1. The lowest BCUT2D eigenvalue weighted by atomic mass is 10.2. The van der Waals surface area contributed by atoms with E-state index in [1.807, 2.05) is 18.9 Å². The third-order valence-electron chi connectivity index (χ3n) is 5.21. The number of anilines is 1.